The fraction of sp³-hybridized carbons (Fsp3) is 0.429. The van der Waals surface area contributed by atoms with Gasteiger partial charge in [0, 0.05) is 36.6 Å². The number of pyridine rings is 2. The number of esters is 1. The zero-order valence-corrected chi connectivity index (χ0v) is 41.9. The summed E-state index contributed by atoms with van der Waals surface area (Å²) < 4.78 is 36.7. The van der Waals surface area contributed by atoms with Gasteiger partial charge in [-0.05, 0) is 126 Å². The summed E-state index contributed by atoms with van der Waals surface area (Å²) in [4.78, 5) is 98.8. The van der Waals surface area contributed by atoms with Crippen LogP contribution in [-0.2, 0) is 82.7 Å². The van der Waals surface area contributed by atoms with Gasteiger partial charge in [0.1, 0.15) is 30.3 Å². The first-order chi connectivity index (χ1) is 34.9. The predicted octanol–water partition coefficient (Wildman–Crippen LogP) is 8.53. The van der Waals surface area contributed by atoms with E-state index in [1.54, 1.807) is 80.8 Å². The third-order valence-corrected chi connectivity index (χ3v) is 12.9. The van der Waals surface area contributed by atoms with E-state index in [2.05, 4.69) is 10.6 Å². The summed E-state index contributed by atoms with van der Waals surface area (Å²) in [7, 11) is 0. The smallest absolute Gasteiger partial charge is 0.457 e. The molecule has 16 nitrogen and oxygen atoms in total. The van der Waals surface area contributed by atoms with Crippen molar-refractivity contribution >= 4 is 46.7 Å². The number of ketones is 2. The Bertz CT molecular complexity index is 2930. The highest BCUT2D eigenvalue weighted by Crippen LogP contribution is 2.43. The minimum atomic E-state index is -2.01. The molecule has 0 saturated carbocycles. The van der Waals surface area contributed by atoms with Crippen LogP contribution in [0.4, 0.5) is 9.59 Å². The van der Waals surface area contributed by atoms with Crippen molar-refractivity contribution in [2.24, 2.45) is 5.92 Å². The average molecular weight is 987 g/mol. The van der Waals surface area contributed by atoms with Gasteiger partial charge in [-0.2, -0.15) is 0 Å². The molecule has 2 aliphatic rings. The van der Waals surface area contributed by atoms with E-state index in [1.807, 2.05) is 37.3 Å². The van der Waals surface area contributed by atoms with Gasteiger partial charge < -0.3 is 43.7 Å². The summed E-state index contributed by atoms with van der Waals surface area (Å²) in [5.74, 6) is -1.91. The second kappa shape index (κ2) is 22.9. The van der Waals surface area contributed by atoms with Crippen molar-refractivity contribution in [3.8, 4) is 17.1 Å². The SMILES string of the molecule is [3H]CCNCCCCC(NC(=O)C(CC(C)=O)Cc1ccccc1)C(=O)Cc1ccc(COC(=O)O[C@]2(CC)C(=O)OCc3c2cc2n(c3=O)Cc3c-2nc2ccc(OC(=O)OC(C)(C)C)cc2c3CC)cc1. The van der Waals surface area contributed by atoms with E-state index >= 15 is 0 Å². The van der Waals surface area contributed by atoms with Crippen LogP contribution < -0.4 is 20.9 Å². The minimum absolute atomic E-state index is 0.00717. The number of unbranched alkanes of at least 4 members (excludes halogenated alkanes) is 1. The van der Waals surface area contributed by atoms with Gasteiger partial charge in [0.2, 0.25) is 11.5 Å². The van der Waals surface area contributed by atoms with Gasteiger partial charge in [-0.3, -0.25) is 14.4 Å². The van der Waals surface area contributed by atoms with Gasteiger partial charge in [0.05, 0.1) is 35.1 Å². The molecule has 3 atom stereocenters. The summed E-state index contributed by atoms with van der Waals surface area (Å²) in [5.41, 5.74) is 2.54. The number of fused-ring (bicyclic) bond motifs is 5. The number of nitrogens with zero attached hydrogens (tertiary/aromatic N) is 2. The van der Waals surface area contributed by atoms with E-state index in [0.717, 1.165) is 28.5 Å². The van der Waals surface area contributed by atoms with Gasteiger partial charge in [-0.1, -0.05) is 75.3 Å². The highest BCUT2D eigenvalue weighted by Gasteiger charge is 2.51. The molecule has 16 heteroatoms. The van der Waals surface area contributed by atoms with Crippen molar-refractivity contribution < 1.29 is 53.8 Å². The van der Waals surface area contributed by atoms with Crippen molar-refractivity contribution in [3.63, 3.8) is 0 Å². The van der Waals surface area contributed by atoms with Gasteiger partial charge in [-0.25, -0.2) is 19.4 Å². The van der Waals surface area contributed by atoms with Crippen LogP contribution in [0, 0.1) is 5.92 Å². The van der Waals surface area contributed by atoms with E-state index in [0.29, 0.717) is 66.8 Å². The largest absolute Gasteiger partial charge is 0.514 e. The van der Waals surface area contributed by atoms with Gasteiger partial charge in [0.15, 0.2) is 5.78 Å². The number of amides is 1. The maximum atomic E-state index is 14.3. The quantitative estimate of drug-likeness (QED) is 0.0300. The number of cyclic esters (lactones) is 1. The van der Waals surface area contributed by atoms with Crippen LogP contribution in [0.25, 0.3) is 22.3 Å². The second-order valence-corrected chi connectivity index (χ2v) is 19.3. The Morgan fingerprint density at radius 2 is 1.67 bits per heavy atom. The van der Waals surface area contributed by atoms with Crippen molar-refractivity contribution in [3.05, 3.63) is 128 Å². The van der Waals surface area contributed by atoms with Crippen molar-refractivity contribution in [1.82, 2.24) is 20.2 Å². The lowest BCUT2D eigenvalue weighted by Crippen LogP contribution is -2.47. The molecule has 0 saturated heterocycles. The number of nitrogens with one attached hydrogen (secondary N) is 2. The summed E-state index contributed by atoms with van der Waals surface area (Å²) in [6.07, 6.45) is 0.656. The van der Waals surface area contributed by atoms with Crippen LogP contribution in [0.15, 0.2) is 83.7 Å². The maximum absolute atomic E-state index is 14.3. The standard InChI is InChI=1S/C56H64N4O12/c1-8-40-41-29-39(70-54(67)71-55(5,6)7)23-24-45(41)58-49-42(40)31-60-47(49)30-44-43(51(60)64)33-68-52(65)56(44,9-2)72-53(66)69-32-37-21-19-36(20-22-37)28-48(62)46(18-14-15-25-57-10-3)59-50(63)38(26-34(4)61)27-35-16-12-11-13-17-35/h11-13,16-17,19-24,29-30,38,46,57H,8-10,14-15,18,25-28,31-33H2,1-7H3,(H,59,63)/t38?,46?,56-/m0/s1/i3T. The maximum Gasteiger partial charge on any atom is 0.514 e. The zero-order chi connectivity index (χ0) is 52.5. The van der Waals surface area contributed by atoms with E-state index in [1.165, 1.54) is 6.92 Å². The Hall–Kier alpha value is -7.20. The third kappa shape index (κ3) is 12.3. The molecule has 0 bridgehead atoms. The molecule has 72 heavy (non-hydrogen) atoms. The zero-order valence-electron chi connectivity index (χ0n) is 42.9. The number of carbonyl (C=O) groups excluding carboxylic acids is 6. The molecule has 0 fully saturated rings. The molecule has 0 spiro atoms. The number of rotatable bonds is 21. The van der Waals surface area contributed by atoms with Gasteiger partial charge in [0.25, 0.3) is 5.56 Å². The van der Waals surface area contributed by atoms with E-state index in [9.17, 15) is 33.6 Å². The molecule has 3 aromatic carbocycles. The lowest BCUT2D eigenvalue weighted by Gasteiger charge is -2.35. The van der Waals surface area contributed by atoms with E-state index < -0.39 is 47.0 Å². The molecule has 7 rings (SSSR count). The molecule has 0 aliphatic carbocycles. The lowest BCUT2D eigenvalue weighted by atomic mass is 9.85. The Balaban J connectivity index is 1.04. The second-order valence-electron chi connectivity index (χ2n) is 19.3. The molecule has 0 radical (unpaired) electrons. The Morgan fingerprint density at radius 3 is 2.36 bits per heavy atom. The molecule has 380 valence electrons. The highest BCUT2D eigenvalue weighted by molar-refractivity contribution is 5.93. The fourth-order valence-corrected chi connectivity index (χ4v) is 9.35. The molecule has 2 N–H and O–H groups in total. The minimum Gasteiger partial charge on any atom is -0.457 e. The van der Waals surface area contributed by atoms with E-state index in [-0.39, 0.29) is 80.3 Å². The van der Waals surface area contributed by atoms with Crippen LogP contribution >= 0.6 is 0 Å². The van der Waals surface area contributed by atoms with Crippen molar-refractivity contribution in [2.75, 3.05) is 13.1 Å². The number of Topliss-reactive ketones (excluding diaryl/α,β-unsaturated/α-hetero) is 2. The van der Waals surface area contributed by atoms with Gasteiger partial charge in [-0.15, -0.1) is 0 Å². The van der Waals surface area contributed by atoms with Crippen LogP contribution in [0.2, 0.25) is 0 Å². The summed E-state index contributed by atoms with van der Waals surface area (Å²) in [6, 6.07) is 22.2. The third-order valence-electron chi connectivity index (χ3n) is 12.9. The van der Waals surface area contributed by atoms with Crippen LogP contribution in [-0.4, -0.2) is 70.0 Å². The number of hydrogen-bond donors (Lipinski definition) is 2. The number of benzene rings is 3. The molecule has 1 amide bonds. The van der Waals surface area contributed by atoms with E-state index in [4.69, 9.17) is 30.0 Å². The Labute approximate surface area is 420 Å². The van der Waals surface area contributed by atoms with Crippen LogP contribution in [0.1, 0.15) is 121 Å². The molecular weight excluding hydrogens is 921 g/mol. The van der Waals surface area contributed by atoms with Crippen LogP contribution in [0.3, 0.4) is 0 Å². The Morgan fingerprint density at radius 1 is 0.917 bits per heavy atom. The number of hydrogen-bond acceptors (Lipinski definition) is 14. The van der Waals surface area contributed by atoms with Crippen molar-refractivity contribution in [2.45, 2.75) is 137 Å². The first-order valence-electron chi connectivity index (χ1n) is 25.2. The number of carbonyl (C=O) groups is 6. The first-order valence-corrected chi connectivity index (χ1v) is 24.5. The number of ether oxygens (including phenoxy) is 5. The molecule has 2 unspecified atom stereocenters. The molecule has 4 heterocycles. The fourth-order valence-electron chi connectivity index (χ4n) is 9.35. The topological polar surface area (TPSA) is 208 Å². The normalized spacial score (nSPS) is 15.8. The molecule has 2 aromatic heterocycles. The van der Waals surface area contributed by atoms with Crippen LogP contribution in [0.5, 0.6) is 5.75 Å². The number of aromatic nitrogens is 2. The molecule has 2 aliphatic heterocycles. The Kier molecular flexibility index (Phi) is 16.3. The summed E-state index contributed by atoms with van der Waals surface area (Å²) in [6.45, 7) is 11.4. The number of aryl methyl sites for hydroxylation is 1. The lowest BCUT2D eigenvalue weighted by molar-refractivity contribution is -0.175. The first kappa shape index (κ1) is 51.2. The van der Waals surface area contributed by atoms with Gasteiger partial charge >= 0.3 is 18.3 Å². The predicted molar refractivity (Wildman–Crippen MR) is 268 cm³/mol. The monoisotopic (exact) mass is 986 g/mol. The summed E-state index contributed by atoms with van der Waals surface area (Å²) in [5, 5.41) is 6.89. The van der Waals surface area contributed by atoms with Crippen molar-refractivity contribution in [1.29, 1.82) is 0 Å². The molecular formula is C56H64N4O12. The summed E-state index contributed by atoms with van der Waals surface area (Å²) >= 11 is 0. The molecule has 5 aromatic rings. The average Bonchev–Trinajstić information content (AvgIpc) is 3.72. The highest BCUT2D eigenvalue weighted by atomic mass is 16.7.